The van der Waals surface area contributed by atoms with Crippen LogP contribution in [0.25, 0.3) is 0 Å². The van der Waals surface area contributed by atoms with Gasteiger partial charge in [0.25, 0.3) is 0 Å². The number of para-hydroxylation sites is 1. The molecule has 4 rings (SSSR count). The van der Waals surface area contributed by atoms with E-state index in [2.05, 4.69) is 5.32 Å². The van der Waals surface area contributed by atoms with Gasteiger partial charge in [0.2, 0.25) is 11.8 Å². The van der Waals surface area contributed by atoms with Crippen molar-refractivity contribution in [3.8, 4) is 5.75 Å². The third-order valence-corrected chi connectivity index (χ3v) is 7.10. The summed E-state index contributed by atoms with van der Waals surface area (Å²) >= 11 is 12.3. The molecular formula is C26H28Cl2N2O5. The molecule has 9 heteroatoms. The maximum Gasteiger partial charge on any atom is 0.247 e. The summed E-state index contributed by atoms with van der Waals surface area (Å²) in [5.41, 5.74) is 1.94. The van der Waals surface area contributed by atoms with E-state index in [9.17, 15) is 19.8 Å². The van der Waals surface area contributed by atoms with E-state index in [1.54, 1.807) is 35.2 Å². The van der Waals surface area contributed by atoms with E-state index >= 15 is 0 Å². The van der Waals surface area contributed by atoms with Crippen molar-refractivity contribution in [2.45, 2.75) is 50.5 Å². The van der Waals surface area contributed by atoms with Crippen LogP contribution < -0.4 is 10.1 Å². The summed E-state index contributed by atoms with van der Waals surface area (Å²) in [5, 5.41) is 24.2. The third kappa shape index (κ3) is 5.19. The Morgan fingerprint density at radius 2 is 1.91 bits per heavy atom. The molecule has 0 unspecified atom stereocenters. The smallest absolute Gasteiger partial charge is 0.247 e. The van der Waals surface area contributed by atoms with Gasteiger partial charge in [0.1, 0.15) is 18.0 Å². The Kier molecular flexibility index (Phi) is 8.02. The average molecular weight is 519 g/mol. The van der Waals surface area contributed by atoms with E-state index in [4.69, 9.17) is 27.9 Å². The minimum Gasteiger partial charge on any atom is -0.486 e. The summed E-state index contributed by atoms with van der Waals surface area (Å²) in [7, 11) is 0. The topological polar surface area (TPSA) is 99.1 Å². The minimum absolute atomic E-state index is 0.0883. The summed E-state index contributed by atoms with van der Waals surface area (Å²) in [6.07, 6.45) is 0.740. The number of hydrogen-bond donors (Lipinski definition) is 3. The molecule has 0 saturated heterocycles. The van der Waals surface area contributed by atoms with Gasteiger partial charge in [-0.15, -0.1) is 0 Å². The molecule has 2 aliphatic rings. The highest BCUT2D eigenvalue weighted by Gasteiger charge is 2.50. The highest BCUT2D eigenvalue weighted by molar-refractivity contribution is 6.42. The van der Waals surface area contributed by atoms with Gasteiger partial charge in [-0.25, -0.2) is 0 Å². The normalized spacial score (nSPS) is 22.5. The third-order valence-electron chi connectivity index (χ3n) is 6.36. The highest BCUT2D eigenvalue weighted by Crippen LogP contribution is 2.47. The van der Waals surface area contributed by atoms with Crippen molar-refractivity contribution in [3.05, 3.63) is 75.3 Å². The Balaban J connectivity index is 1.75. The van der Waals surface area contributed by atoms with Crippen LogP contribution in [0, 0.1) is 0 Å². The Morgan fingerprint density at radius 3 is 2.63 bits per heavy atom. The van der Waals surface area contributed by atoms with Crippen molar-refractivity contribution in [2.75, 3.05) is 13.2 Å². The summed E-state index contributed by atoms with van der Waals surface area (Å²) < 4.78 is 6.12. The molecule has 0 saturated carbocycles. The molecule has 3 N–H and O–H groups in total. The zero-order valence-electron chi connectivity index (χ0n) is 19.3. The van der Waals surface area contributed by atoms with Crippen molar-refractivity contribution in [1.29, 1.82) is 0 Å². The van der Waals surface area contributed by atoms with Crippen LogP contribution in [0.2, 0.25) is 10.0 Å². The predicted octanol–water partition coefficient (Wildman–Crippen LogP) is 3.44. The van der Waals surface area contributed by atoms with Crippen molar-refractivity contribution in [3.63, 3.8) is 0 Å². The highest BCUT2D eigenvalue weighted by atomic mass is 35.5. The SMILES string of the molecule is CCCC(=O)N(Cc1ccc(Cl)c(Cl)c1)[C@@H]1C=C(C(=O)NCCO)[C@@H]2c3ccccc3O[C@@H]2[C@H]1O. The summed E-state index contributed by atoms with van der Waals surface area (Å²) in [6.45, 7) is 1.96. The second-order valence-electron chi connectivity index (χ2n) is 8.70. The quantitative estimate of drug-likeness (QED) is 0.497. The number of rotatable bonds is 8. The molecule has 0 fully saturated rings. The molecule has 2 amide bonds. The lowest BCUT2D eigenvalue weighted by atomic mass is 9.77. The number of ether oxygens (including phenoxy) is 1. The van der Waals surface area contributed by atoms with Crippen molar-refractivity contribution < 1.29 is 24.5 Å². The number of halogens is 2. The summed E-state index contributed by atoms with van der Waals surface area (Å²) in [5.74, 6) is -0.435. The van der Waals surface area contributed by atoms with Gasteiger partial charge in [-0.1, -0.05) is 54.4 Å². The molecule has 1 aliphatic heterocycles. The second kappa shape index (κ2) is 11.0. The summed E-state index contributed by atoms with van der Waals surface area (Å²) in [4.78, 5) is 28.0. The van der Waals surface area contributed by atoms with E-state index in [0.29, 0.717) is 27.8 Å². The molecule has 7 nitrogen and oxygen atoms in total. The molecule has 2 aromatic rings. The van der Waals surface area contributed by atoms with Crippen LogP contribution in [0.3, 0.4) is 0 Å². The number of amides is 2. The van der Waals surface area contributed by atoms with Crippen LogP contribution in [-0.4, -0.2) is 58.3 Å². The first-order valence-electron chi connectivity index (χ1n) is 11.6. The molecule has 186 valence electrons. The maximum absolute atomic E-state index is 13.3. The van der Waals surface area contributed by atoms with E-state index < -0.39 is 24.2 Å². The van der Waals surface area contributed by atoms with Crippen LogP contribution >= 0.6 is 23.2 Å². The van der Waals surface area contributed by atoms with Crippen LogP contribution in [0.4, 0.5) is 0 Å². The second-order valence-corrected chi connectivity index (χ2v) is 9.52. The first-order chi connectivity index (χ1) is 16.8. The molecule has 0 spiro atoms. The van der Waals surface area contributed by atoms with E-state index in [1.807, 2.05) is 25.1 Å². The summed E-state index contributed by atoms with van der Waals surface area (Å²) in [6, 6.07) is 11.7. The molecular weight excluding hydrogens is 491 g/mol. The molecule has 2 aromatic carbocycles. The van der Waals surface area contributed by atoms with Gasteiger partial charge >= 0.3 is 0 Å². The lowest BCUT2D eigenvalue weighted by Gasteiger charge is -2.41. The number of nitrogens with zero attached hydrogens (tertiary/aromatic N) is 1. The van der Waals surface area contributed by atoms with Crippen molar-refractivity contribution >= 4 is 35.0 Å². The average Bonchev–Trinajstić information content (AvgIpc) is 3.24. The van der Waals surface area contributed by atoms with Gasteiger partial charge in [-0.3, -0.25) is 9.59 Å². The molecule has 0 bridgehead atoms. The molecule has 0 aromatic heterocycles. The fraction of sp³-hybridized carbons (Fsp3) is 0.385. The molecule has 4 atom stereocenters. The number of aliphatic hydroxyl groups is 2. The lowest BCUT2D eigenvalue weighted by Crippen LogP contribution is -2.55. The zero-order valence-corrected chi connectivity index (χ0v) is 20.8. The van der Waals surface area contributed by atoms with Crippen molar-refractivity contribution in [1.82, 2.24) is 10.2 Å². The minimum atomic E-state index is -1.08. The standard InChI is InChI=1S/C26H28Cl2N2O5/c1-2-5-22(32)30(14-15-8-9-18(27)19(28)12-15)20-13-17(26(34)29-10-11-31)23-16-6-3-4-7-21(16)35-25(23)24(20)33/h3-4,6-9,12-13,20,23-25,31,33H,2,5,10-11,14H2,1H3,(H,29,34)/t20-,23+,24+,25+/m1/s1. The largest absolute Gasteiger partial charge is 0.486 e. The predicted molar refractivity (Wildman–Crippen MR) is 133 cm³/mol. The Bertz CT molecular complexity index is 1140. The monoisotopic (exact) mass is 518 g/mol. The molecule has 0 radical (unpaired) electrons. The van der Waals surface area contributed by atoms with Gasteiger partial charge < -0.3 is 25.2 Å². The van der Waals surface area contributed by atoms with Gasteiger partial charge in [0, 0.05) is 30.6 Å². The number of hydrogen-bond acceptors (Lipinski definition) is 5. The maximum atomic E-state index is 13.3. The molecule has 1 aliphatic carbocycles. The van der Waals surface area contributed by atoms with Crippen LogP contribution in [-0.2, 0) is 16.1 Å². The van der Waals surface area contributed by atoms with Gasteiger partial charge in [0.15, 0.2) is 0 Å². The van der Waals surface area contributed by atoms with Crippen LogP contribution in [0.1, 0.15) is 36.8 Å². The number of carbonyl (C=O) groups is 2. The van der Waals surface area contributed by atoms with E-state index in [1.165, 1.54) is 0 Å². The number of carbonyl (C=O) groups excluding carboxylic acids is 2. The van der Waals surface area contributed by atoms with Crippen molar-refractivity contribution in [2.24, 2.45) is 0 Å². The Hall–Kier alpha value is -2.58. The fourth-order valence-electron chi connectivity index (χ4n) is 4.74. The fourth-order valence-corrected chi connectivity index (χ4v) is 5.06. The van der Waals surface area contributed by atoms with Crippen LogP contribution in [0.15, 0.2) is 54.1 Å². The number of fused-ring (bicyclic) bond motifs is 3. The first kappa shape index (κ1) is 25.5. The number of benzene rings is 2. The van der Waals surface area contributed by atoms with E-state index in [0.717, 1.165) is 11.1 Å². The zero-order chi connectivity index (χ0) is 25.1. The van der Waals surface area contributed by atoms with Gasteiger partial charge in [-0.05, 0) is 36.3 Å². The molecule has 35 heavy (non-hydrogen) atoms. The van der Waals surface area contributed by atoms with Crippen LogP contribution in [0.5, 0.6) is 5.75 Å². The Morgan fingerprint density at radius 1 is 1.14 bits per heavy atom. The first-order valence-corrected chi connectivity index (χ1v) is 12.4. The Labute approximate surface area is 214 Å². The van der Waals surface area contributed by atoms with Gasteiger partial charge in [0.05, 0.1) is 28.6 Å². The number of nitrogens with one attached hydrogen (secondary N) is 1. The number of aliphatic hydroxyl groups excluding tert-OH is 2. The van der Waals surface area contributed by atoms with E-state index in [-0.39, 0.29) is 37.9 Å². The lowest BCUT2D eigenvalue weighted by molar-refractivity contribution is -0.138. The van der Waals surface area contributed by atoms with Gasteiger partial charge in [-0.2, -0.15) is 0 Å². The molecule has 1 heterocycles.